The van der Waals surface area contributed by atoms with Crippen LogP contribution in [-0.2, 0) is 9.53 Å². The molecule has 3 nitrogen and oxygen atoms in total. The number of esters is 1. The van der Waals surface area contributed by atoms with Crippen molar-refractivity contribution in [3.05, 3.63) is 76.6 Å². The Bertz CT molecular complexity index is 857. The first-order valence-corrected chi connectivity index (χ1v) is 10.3. The normalized spacial score (nSPS) is 13.9. The van der Waals surface area contributed by atoms with Gasteiger partial charge in [0.2, 0.25) is 0 Å². The predicted molar refractivity (Wildman–Crippen MR) is 115 cm³/mol. The molecule has 1 aliphatic carbocycles. The molecule has 28 heavy (non-hydrogen) atoms. The fourth-order valence-electron chi connectivity index (χ4n) is 3.74. The zero-order valence-electron chi connectivity index (χ0n) is 16.9. The van der Waals surface area contributed by atoms with Crippen molar-refractivity contribution < 1.29 is 9.53 Å². The van der Waals surface area contributed by atoms with Crippen molar-refractivity contribution in [2.24, 2.45) is 0 Å². The number of hydrogen-bond acceptors (Lipinski definition) is 3. The Hall–Kier alpha value is -2.68. The van der Waals surface area contributed by atoms with E-state index in [0.29, 0.717) is 6.61 Å². The monoisotopic (exact) mass is 375 g/mol. The smallest absolute Gasteiger partial charge is 0.330 e. The van der Waals surface area contributed by atoms with Crippen molar-refractivity contribution in [1.82, 2.24) is 4.98 Å². The molecule has 1 aromatic heterocycles. The fourth-order valence-corrected chi connectivity index (χ4v) is 3.74. The summed E-state index contributed by atoms with van der Waals surface area (Å²) in [6.45, 7) is 4.69. The van der Waals surface area contributed by atoms with E-state index >= 15 is 0 Å². The highest BCUT2D eigenvalue weighted by Crippen LogP contribution is 2.38. The molecular weight excluding hydrogens is 346 g/mol. The summed E-state index contributed by atoms with van der Waals surface area (Å²) >= 11 is 0. The molecule has 0 aliphatic heterocycles. The van der Waals surface area contributed by atoms with Crippen LogP contribution in [0.1, 0.15) is 67.8 Å². The van der Waals surface area contributed by atoms with Gasteiger partial charge in [-0.05, 0) is 73.9 Å². The van der Waals surface area contributed by atoms with Crippen molar-refractivity contribution in [2.75, 3.05) is 6.61 Å². The zero-order valence-corrected chi connectivity index (χ0v) is 16.9. The largest absolute Gasteiger partial charge is 0.463 e. The number of aryl methyl sites for hydroxylation is 1. The SMILES string of the molecule is CCCCOC(=O)/C=C/c1cccc(C)c1C(=C1CCCC1)c1ccccn1. The Labute approximate surface area is 168 Å². The van der Waals surface area contributed by atoms with Gasteiger partial charge >= 0.3 is 5.97 Å². The summed E-state index contributed by atoms with van der Waals surface area (Å²) in [4.78, 5) is 16.7. The molecule has 1 fully saturated rings. The first kappa shape index (κ1) is 20.1. The van der Waals surface area contributed by atoms with Gasteiger partial charge in [-0.2, -0.15) is 0 Å². The zero-order chi connectivity index (χ0) is 19.8. The second kappa shape index (κ2) is 10.0. The number of carbonyl (C=O) groups is 1. The van der Waals surface area contributed by atoms with E-state index < -0.39 is 0 Å². The second-order valence-electron chi connectivity index (χ2n) is 7.29. The lowest BCUT2D eigenvalue weighted by atomic mass is 9.88. The fraction of sp³-hybridized carbons (Fsp3) is 0.360. The molecule has 0 N–H and O–H groups in total. The maximum absolute atomic E-state index is 12.1. The number of aromatic nitrogens is 1. The summed E-state index contributed by atoms with van der Waals surface area (Å²) in [7, 11) is 0. The number of rotatable bonds is 7. The van der Waals surface area contributed by atoms with E-state index in [1.165, 1.54) is 35.1 Å². The summed E-state index contributed by atoms with van der Waals surface area (Å²) in [5.74, 6) is -0.284. The summed E-state index contributed by atoms with van der Waals surface area (Å²) in [5, 5.41) is 0. The van der Waals surface area contributed by atoms with Gasteiger partial charge in [-0.1, -0.05) is 43.2 Å². The standard InChI is InChI=1S/C25H29NO2/c1-3-4-18-28-23(27)16-15-21-13-9-10-19(2)24(21)25(20-11-5-6-12-20)22-14-7-8-17-26-22/h7-10,13-17H,3-6,11-12,18H2,1-2H3/b16-15+. The molecule has 0 spiro atoms. The summed E-state index contributed by atoms with van der Waals surface area (Å²) in [6, 6.07) is 12.3. The number of unbranched alkanes of at least 4 members (excludes halogenated alkanes) is 1. The molecule has 0 unspecified atom stereocenters. The van der Waals surface area contributed by atoms with Crippen LogP contribution in [0.3, 0.4) is 0 Å². The number of hydrogen-bond donors (Lipinski definition) is 0. The van der Waals surface area contributed by atoms with E-state index in [9.17, 15) is 4.79 Å². The highest BCUT2D eigenvalue weighted by Gasteiger charge is 2.20. The number of allylic oxidation sites excluding steroid dienone is 1. The van der Waals surface area contributed by atoms with Crippen LogP contribution in [-0.4, -0.2) is 17.6 Å². The Morgan fingerprint density at radius 3 is 2.68 bits per heavy atom. The van der Waals surface area contributed by atoms with Gasteiger partial charge in [-0.15, -0.1) is 0 Å². The van der Waals surface area contributed by atoms with Crippen molar-refractivity contribution in [3.63, 3.8) is 0 Å². The molecule has 0 amide bonds. The van der Waals surface area contributed by atoms with Crippen LogP contribution in [0.15, 0.2) is 54.2 Å². The van der Waals surface area contributed by atoms with E-state index in [0.717, 1.165) is 36.9 Å². The summed E-state index contributed by atoms with van der Waals surface area (Å²) in [5.41, 5.74) is 7.11. The minimum atomic E-state index is -0.284. The van der Waals surface area contributed by atoms with Crippen molar-refractivity contribution >= 4 is 17.6 Å². The molecule has 1 saturated carbocycles. The highest BCUT2D eigenvalue weighted by atomic mass is 16.5. The van der Waals surface area contributed by atoms with Crippen LogP contribution >= 0.6 is 0 Å². The van der Waals surface area contributed by atoms with Crippen molar-refractivity contribution in [3.8, 4) is 0 Å². The molecule has 1 aliphatic rings. The van der Waals surface area contributed by atoms with Crippen molar-refractivity contribution in [2.45, 2.75) is 52.4 Å². The van der Waals surface area contributed by atoms with Gasteiger partial charge in [0.25, 0.3) is 0 Å². The van der Waals surface area contributed by atoms with Crippen LogP contribution < -0.4 is 0 Å². The van der Waals surface area contributed by atoms with E-state index in [1.807, 2.05) is 30.5 Å². The lowest BCUT2D eigenvalue weighted by Gasteiger charge is -2.17. The Morgan fingerprint density at radius 1 is 1.14 bits per heavy atom. The minimum absolute atomic E-state index is 0.284. The van der Waals surface area contributed by atoms with Crippen LogP contribution in [0.25, 0.3) is 11.6 Å². The molecule has 3 rings (SSSR count). The first-order chi connectivity index (χ1) is 13.7. The topological polar surface area (TPSA) is 39.2 Å². The van der Waals surface area contributed by atoms with Gasteiger partial charge < -0.3 is 4.74 Å². The van der Waals surface area contributed by atoms with E-state index in [4.69, 9.17) is 4.74 Å². The highest BCUT2D eigenvalue weighted by molar-refractivity contribution is 5.91. The molecule has 1 heterocycles. The van der Waals surface area contributed by atoms with Crippen molar-refractivity contribution in [1.29, 1.82) is 0 Å². The minimum Gasteiger partial charge on any atom is -0.463 e. The Balaban J connectivity index is 2.00. The first-order valence-electron chi connectivity index (χ1n) is 10.3. The molecular formula is C25H29NO2. The number of benzene rings is 1. The van der Waals surface area contributed by atoms with E-state index in [1.54, 1.807) is 6.08 Å². The average molecular weight is 376 g/mol. The van der Waals surface area contributed by atoms with Gasteiger partial charge in [-0.25, -0.2) is 4.79 Å². The third-order valence-corrected chi connectivity index (χ3v) is 5.18. The maximum atomic E-state index is 12.1. The van der Waals surface area contributed by atoms with Crippen LogP contribution in [0.4, 0.5) is 0 Å². The molecule has 146 valence electrons. The lowest BCUT2D eigenvalue weighted by Crippen LogP contribution is -2.03. The predicted octanol–water partition coefficient (Wildman–Crippen LogP) is 6.12. The van der Waals surface area contributed by atoms with Gasteiger partial charge in [-0.3, -0.25) is 4.98 Å². The van der Waals surface area contributed by atoms with Gasteiger partial charge in [0.15, 0.2) is 0 Å². The number of carbonyl (C=O) groups excluding carboxylic acids is 1. The van der Waals surface area contributed by atoms with Crippen LogP contribution in [0, 0.1) is 6.92 Å². The summed E-state index contributed by atoms with van der Waals surface area (Å²) in [6.07, 6.45) is 11.9. The Morgan fingerprint density at radius 2 is 1.96 bits per heavy atom. The average Bonchev–Trinajstić information content (AvgIpc) is 3.24. The molecule has 3 heteroatoms. The molecule has 2 aromatic rings. The van der Waals surface area contributed by atoms with Crippen LogP contribution in [0.5, 0.6) is 0 Å². The number of nitrogens with zero attached hydrogens (tertiary/aromatic N) is 1. The number of ether oxygens (including phenoxy) is 1. The summed E-state index contributed by atoms with van der Waals surface area (Å²) < 4.78 is 5.27. The Kier molecular flexibility index (Phi) is 7.18. The molecule has 1 aromatic carbocycles. The molecule has 0 radical (unpaired) electrons. The molecule has 0 saturated heterocycles. The second-order valence-corrected chi connectivity index (χ2v) is 7.29. The third-order valence-electron chi connectivity index (χ3n) is 5.18. The van der Waals surface area contributed by atoms with Gasteiger partial charge in [0, 0.05) is 17.8 Å². The third kappa shape index (κ3) is 4.98. The molecule has 0 atom stereocenters. The lowest BCUT2D eigenvalue weighted by molar-refractivity contribution is -0.137. The maximum Gasteiger partial charge on any atom is 0.330 e. The number of pyridine rings is 1. The molecule has 0 bridgehead atoms. The van der Waals surface area contributed by atoms with E-state index in [-0.39, 0.29) is 5.97 Å². The van der Waals surface area contributed by atoms with Crippen LogP contribution in [0.2, 0.25) is 0 Å². The van der Waals surface area contributed by atoms with E-state index in [2.05, 4.69) is 37.0 Å². The van der Waals surface area contributed by atoms with Gasteiger partial charge in [0.05, 0.1) is 12.3 Å². The quantitative estimate of drug-likeness (QED) is 0.332. The van der Waals surface area contributed by atoms with Gasteiger partial charge in [0.1, 0.15) is 0 Å².